The van der Waals surface area contributed by atoms with Gasteiger partial charge >= 0.3 is 0 Å². The highest BCUT2D eigenvalue weighted by Gasteiger charge is 2.28. The standard InChI is InChI=1S/C51H38N4O2/c1-3-11-31(12-4-1)49-52-50(32-13-5-2-6-14-32)54-51(53-49)35-21-25-47-41(29-35)39-27-33(19-23-45(39)56-47)34-20-24-46-40(28-34)42-30-36(22-26-48(42)57-46)55-43-17-9-7-15-37(43)38-16-8-10-18-44(38)55/h1-7,9-15,17-29,36,49-50,52H,8,16,30H2,(H,53,54). The Bertz CT molecular complexity index is 3130. The number of para-hydroxylation sites is 1. The van der Waals surface area contributed by atoms with Gasteiger partial charge in [0, 0.05) is 50.3 Å². The SMILES string of the molecule is C1=Cc2c(c3ccccc3n2C2C=Cc3oc4ccc(-c5ccc6oc7ccc(C8=NC(c9ccccc9)NC(c9ccccc9)N8)cc7c6c5)cc4c3C2)CC1. The first-order valence-electron chi connectivity index (χ1n) is 19.9. The van der Waals surface area contributed by atoms with Crippen molar-refractivity contribution in [3.8, 4) is 11.1 Å². The molecule has 0 spiro atoms. The Morgan fingerprint density at radius 3 is 2.05 bits per heavy atom. The minimum Gasteiger partial charge on any atom is -0.456 e. The van der Waals surface area contributed by atoms with Crippen LogP contribution in [0.15, 0.2) is 166 Å². The number of amidine groups is 1. The van der Waals surface area contributed by atoms with Gasteiger partial charge in [0.2, 0.25) is 0 Å². The second kappa shape index (κ2) is 12.8. The highest BCUT2D eigenvalue weighted by Crippen LogP contribution is 2.41. The Balaban J connectivity index is 0.913. The molecule has 2 N–H and O–H groups in total. The first kappa shape index (κ1) is 32.4. The van der Waals surface area contributed by atoms with Crippen molar-refractivity contribution in [1.29, 1.82) is 0 Å². The summed E-state index contributed by atoms with van der Waals surface area (Å²) < 4.78 is 15.4. The molecule has 0 saturated carbocycles. The Morgan fingerprint density at radius 2 is 1.26 bits per heavy atom. The van der Waals surface area contributed by atoms with E-state index in [2.05, 4.69) is 167 Å². The zero-order valence-corrected chi connectivity index (χ0v) is 31.2. The van der Waals surface area contributed by atoms with Crippen LogP contribution < -0.4 is 10.6 Å². The van der Waals surface area contributed by atoms with Gasteiger partial charge in [-0.25, -0.2) is 4.99 Å². The fourth-order valence-electron chi connectivity index (χ4n) is 9.35. The number of rotatable bonds is 5. The molecule has 0 bridgehead atoms. The number of hydrogen-bond donors (Lipinski definition) is 2. The zero-order valence-electron chi connectivity index (χ0n) is 31.2. The summed E-state index contributed by atoms with van der Waals surface area (Å²) in [5.74, 6) is 1.80. The molecule has 6 heteroatoms. The maximum absolute atomic E-state index is 6.46. The van der Waals surface area contributed by atoms with Gasteiger partial charge in [-0.2, -0.15) is 0 Å². The predicted octanol–water partition coefficient (Wildman–Crippen LogP) is 12.1. The molecule has 3 aromatic heterocycles. The molecule has 6 aromatic carbocycles. The molecule has 2 aliphatic carbocycles. The summed E-state index contributed by atoms with van der Waals surface area (Å²) >= 11 is 0. The van der Waals surface area contributed by atoms with Gasteiger partial charge in [-0.15, -0.1) is 0 Å². The second-order valence-corrected chi connectivity index (χ2v) is 15.4. The molecule has 6 nitrogen and oxygen atoms in total. The lowest BCUT2D eigenvalue weighted by molar-refractivity contribution is 0.409. The number of aromatic nitrogens is 1. The van der Waals surface area contributed by atoms with Gasteiger partial charge in [0.15, 0.2) is 0 Å². The number of allylic oxidation sites excluding steroid dienone is 2. The van der Waals surface area contributed by atoms with E-state index in [1.54, 1.807) is 0 Å². The second-order valence-electron chi connectivity index (χ2n) is 15.4. The molecule has 57 heavy (non-hydrogen) atoms. The van der Waals surface area contributed by atoms with E-state index < -0.39 is 0 Å². The van der Waals surface area contributed by atoms with Crippen LogP contribution in [0.1, 0.15) is 64.1 Å². The highest BCUT2D eigenvalue weighted by molar-refractivity contribution is 6.10. The van der Waals surface area contributed by atoms with Crippen LogP contribution in [0.5, 0.6) is 0 Å². The van der Waals surface area contributed by atoms with Crippen molar-refractivity contribution in [3.05, 3.63) is 191 Å². The maximum Gasteiger partial charge on any atom is 0.135 e. The summed E-state index contributed by atoms with van der Waals surface area (Å²) in [5.41, 5.74) is 13.6. The highest BCUT2D eigenvalue weighted by atomic mass is 16.3. The minimum absolute atomic E-state index is 0.105. The molecule has 3 unspecified atom stereocenters. The minimum atomic E-state index is -0.199. The van der Waals surface area contributed by atoms with E-state index in [9.17, 15) is 0 Å². The number of benzene rings is 6. The van der Waals surface area contributed by atoms with Gasteiger partial charge in [-0.3, -0.25) is 5.32 Å². The summed E-state index contributed by atoms with van der Waals surface area (Å²) in [6.07, 6.45) is 11.9. The molecule has 1 aliphatic heterocycles. The van der Waals surface area contributed by atoms with E-state index in [1.165, 1.54) is 33.1 Å². The van der Waals surface area contributed by atoms with Crippen molar-refractivity contribution in [3.63, 3.8) is 0 Å². The van der Waals surface area contributed by atoms with Crippen molar-refractivity contribution in [1.82, 2.24) is 15.2 Å². The van der Waals surface area contributed by atoms with E-state index in [1.807, 2.05) is 12.1 Å². The Hall–Kier alpha value is -6.89. The molecule has 4 heterocycles. The molecule has 274 valence electrons. The van der Waals surface area contributed by atoms with Crippen LogP contribution >= 0.6 is 0 Å². The third-order valence-electron chi connectivity index (χ3n) is 12.1. The Labute approximate surface area is 329 Å². The molecule has 9 aromatic rings. The van der Waals surface area contributed by atoms with Gasteiger partial charge in [0.25, 0.3) is 0 Å². The average molecular weight is 739 g/mol. The molecule has 0 amide bonds. The number of aliphatic imine (C=N–C) groups is 1. The molecule has 0 radical (unpaired) electrons. The number of aryl methyl sites for hydroxylation is 1. The molecule has 12 rings (SSSR count). The summed E-state index contributed by atoms with van der Waals surface area (Å²) in [5, 5.41) is 12.1. The van der Waals surface area contributed by atoms with Crippen LogP contribution in [0.2, 0.25) is 0 Å². The number of fused-ring (bicyclic) bond motifs is 9. The Kier molecular flexibility index (Phi) is 7.29. The smallest absolute Gasteiger partial charge is 0.135 e. The molecule has 0 fully saturated rings. The van der Waals surface area contributed by atoms with Crippen LogP contribution in [0.4, 0.5) is 0 Å². The van der Waals surface area contributed by atoms with Gasteiger partial charge in [-0.1, -0.05) is 103 Å². The lowest BCUT2D eigenvalue weighted by Gasteiger charge is -2.32. The summed E-state index contributed by atoms with van der Waals surface area (Å²) in [7, 11) is 0. The average Bonchev–Trinajstić information content (AvgIpc) is 3.95. The van der Waals surface area contributed by atoms with Gasteiger partial charge in [-0.05, 0) is 101 Å². The Morgan fingerprint density at radius 1 is 0.596 bits per heavy atom. The van der Waals surface area contributed by atoms with E-state index in [0.29, 0.717) is 0 Å². The third-order valence-corrected chi connectivity index (χ3v) is 12.1. The third kappa shape index (κ3) is 5.32. The van der Waals surface area contributed by atoms with Gasteiger partial charge < -0.3 is 18.7 Å². The number of nitrogens with one attached hydrogen (secondary N) is 2. The van der Waals surface area contributed by atoms with E-state index in [-0.39, 0.29) is 18.4 Å². The molecule has 0 saturated heterocycles. The molecular weight excluding hydrogens is 701 g/mol. The van der Waals surface area contributed by atoms with Crippen LogP contribution in [-0.2, 0) is 12.8 Å². The van der Waals surface area contributed by atoms with Crippen molar-refractivity contribution in [2.45, 2.75) is 37.6 Å². The lowest BCUT2D eigenvalue weighted by Crippen LogP contribution is -2.44. The van der Waals surface area contributed by atoms with Crippen molar-refractivity contribution >= 4 is 61.8 Å². The summed E-state index contributed by atoms with van der Waals surface area (Å²) in [6.45, 7) is 0. The van der Waals surface area contributed by atoms with E-state index in [4.69, 9.17) is 13.8 Å². The number of nitrogens with zero attached hydrogens (tertiary/aromatic N) is 2. The van der Waals surface area contributed by atoms with Crippen molar-refractivity contribution in [2.75, 3.05) is 0 Å². The van der Waals surface area contributed by atoms with E-state index in [0.717, 1.165) is 86.2 Å². The molecule has 3 aliphatic rings. The first-order chi connectivity index (χ1) is 28.2. The fraction of sp³-hybridized carbons (Fsp3) is 0.118. The normalized spacial score (nSPS) is 18.9. The van der Waals surface area contributed by atoms with Gasteiger partial charge in [0.05, 0.1) is 6.04 Å². The quantitative estimate of drug-likeness (QED) is 0.184. The number of hydrogen-bond acceptors (Lipinski definition) is 5. The molecule has 3 atom stereocenters. The van der Waals surface area contributed by atoms with Gasteiger partial charge in [0.1, 0.15) is 40.7 Å². The zero-order chi connectivity index (χ0) is 37.5. The predicted molar refractivity (Wildman–Crippen MR) is 231 cm³/mol. The number of furan rings is 2. The molecular formula is C51H38N4O2. The first-order valence-corrected chi connectivity index (χ1v) is 19.9. The largest absolute Gasteiger partial charge is 0.456 e. The van der Waals surface area contributed by atoms with Crippen LogP contribution in [0.25, 0.3) is 67.1 Å². The fourth-order valence-corrected chi connectivity index (χ4v) is 9.35. The van der Waals surface area contributed by atoms with Crippen LogP contribution in [0.3, 0.4) is 0 Å². The topological polar surface area (TPSA) is 67.6 Å². The lowest BCUT2D eigenvalue weighted by atomic mass is 9.94. The summed E-state index contributed by atoms with van der Waals surface area (Å²) in [4.78, 5) is 5.20. The van der Waals surface area contributed by atoms with Crippen LogP contribution in [0, 0.1) is 0 Å². The monoisotopic (exact) mass is 738 g/mol. The summed E-state index contributed by atoms with van der Waals surface area (Å²) in [6, 6.07) is 49.5. The van der Waals surface area contributed by atoms with Crippen LogP contribution in [-0.4, -0.2) is 10.4 Å². The maximum atomic E-state index is 6.46. The van der Waals surface area contributed by atoms with Crippen molar-refractivity contribution < 1.29 is 8.83 Å². The van der Waals surface area contributed by atoms with Crippen molar-refractivity contribution in [2.24, 2.45) is 4.99 Å². The van der Waals surface area contributed by atoms with E-state index >= 15 is 0 Å².